The van der Waals surface area contributed by atoms with Crippen molar-refractivity contribution in [3.05, 3.63) is 113 Å². The van der Waals surface area contributed by atoms with Crippen molar-refractivity contribution in [3.8, 4) is 22.7 Å². The van der Waals surface area contributed by atoms with Crippen LogP contribution in [0.1, 0.15) is 11.1 Å². The molecule has 0 radical (unpaired) electrons. The largest absolute Gasteiger partial charge is 0.497 e. The second-order valence-electron chi connectivity index (χ2n) is 8.85. The third-order valence-electron chi connectivity index (χ3n) is 6.21. The van der Waals surface area contributed by atoms with Gasteiger partial charge >= 0.3 is 0 Å². The lowest BCUT2D eigenvalue weighted by atomic mass is 10.1. The van der Waals surface area contributed by atoms with Gasteiger partial charge in [-0.3, -0.25) is 9.69 Å². The highest BCUT2D eigenvalue weighted by molar-refractivity contribution is 8.15. The number of benzene rings is 3. The topological polar surface area (TPSA) is 72.1 Å². The molecule has 0 aliphatic carbocycles. The number of methoxy groups -OCH3 is 1. The second-order valence-corrected chi connectivity index (χ2v) is 10.9. The van der Waals surface area contributed by atoms with Gasteiger partial charge in [-0.05, 0) is 66.6 Å². The quantitative estimate of drug-likeness (QED) is 0.121. The van der Waals surface area contributed by atoms with Crippen molar-refractivity contribution in [1.82, 2.24) is 14.7 Å². The van der Waals surface area contributed by atoms with E-state index in [0.717, 1.165) is 33.8 Å². The normalized spacial score (nSPS) is 16.3. The predicted molar refractivity (Wildman–Crippen MR) is 164 cm³/mol. The highest BCUT2D eigenvalue weighted by atomic mass is 35.5. The number of rotatable bonds is 9. The third kappa shape index (κ3) is 6.14. The minimum atomic E-state index is -0.402. The van der Waals surface area contributed by atoms with Crippen molar-refractivity contribution in [2.24, 2.45) is 10.2 Å². The first-order valence-electron chi connectivity index (χ1n) is 12.4. The fourth-order valence-electron chi connectivity index (χ4n) is 4.22. The Hall–Kier alpha value is -3.85. The summed E-state index contributed by atoms with van der Waals surface area (Å²) in [7, 11) is 1.63. The summed E-state index contributed by atoms with van der Waals surface area (Å²) in [6.07, 6.45) is 5.64. The molecule has 1 aromatic heterocycles. The number of para-hydroxylation sites is 1. The van der Waals surface area contributed by atoms with Crippen LogP contribution >= 0.6 is 35.0 Å². The number of amidine groups is 1. The first kappa shape index (κ1) is 27.7. The number of halogens is 2. The van der Waals surface area contributed by atoms with Crippen LogP contribution in [0.2, 0.25) is 10.0 Å². The van der Waals surface area contributed by atoms with Gasteiger partial charge in [0, 0.05) is 33.9 Å². The second kappa shape index (κ2) is 12.6. The van der Waals surface area contributed by atoms with Crippen LogP contribution in [0.3, 0.4) is 0 Å². The molecular weight excluding hydrogens is 565 g/mol. The van der Waals surface area contributed by atoms with E-state index in [-0.39, 0.29) is 5.91 Å². The van der Waals surface area contributed by atoms with E-state index in [1.165, 1.54) is 11.8 Å². The molecule has 0 bridgehead atoms. The van der Waals surface area contributed by atoms with Gasteiger partial charge < -0.3 is 4.74 Å². The first-order chi connectivity index (χ1) is 19.5. The van der Waals surface area contributed by atoms with Crippen LogP contribution < -0.4 is 4.74 Å². The van der Waals surface area contributed by atoms with Crippen LogP contribution in [0.5, 0.6) is 5.75 Å². The average molecular weight is 591 g/mol. The van der Waals surface area contributed by atoms with Crippen molar-refractivity contribution in [1.29, 1.82) is 0 Å². The number of thioether (sulfide) groups is 1. The molecule has 1 fully saturated rings. The SMILES string of the molecule is C=CCN1C(=O)C(Cc2cc(Cl)ccc2Cl)SC1=NN=Cc1cn(-c2ccccc2)nc1-c1ccc(OC)cc1. The van der Waals surface area contributed by atoms with Crippen LogP contribution in [0.15, 0.2) is 102 Å². The summed E-state index contributed by atoms with van der Waals surface area (Å²) >= 11 is 13.9. The maximum Gasteiger partial charge on any atom is 0.242 e. The van der Waals surface area contributed by atoms with Gasteiger partial charge in [0.1, 0.15) is 11.4 Å². The summed E-state index contributed by atoms with van der Waals surface area (Å²) in [6.45, 7) is 4.11. The molecule has 4 aromatic rings. The van der Waals surface area contributed by atoms with Gasteiger partial charge in [0.25, 0.3) is 0 Å². The maximum absolute atomic E-state index is 13.2. The van der Waals surface area contributed by atoms with E-state index in [9.17, 15) is 4.79 Å². The summed E-state index contributed by atoms with van der Waals surface area (Å²) in [4.78, 5) is 14.8. The number of ether oxygens (including phenoxy) is 1. The molecule has 3 aromatic carbocycles. The molecule has 0 N–H and O–H groups in total. The van der Waals surface area contributed by atoms with Crippen molar-refractivity contribution in [2.45, 2.75) is 11.7 Å². The zero-order valence-corrected chi connectivity index (χ0v) is 23.9. The lowest BCUT2D eigenvalue weighted by molar-refractivity contribution is -0.125. The van der Waals surface area contributed by atoms with E-state index >= 15 is 0 Å². The Morgan fingerprint density at radius 2 is 1.88 bits per heavy atom. The van der Waals surface area contributed by atoms with Gasteiger partial charge in [0.05, 0.1) is 24.3 Å². The Kier molecular flexibility index (Phi) is 8.69. The predicted octanol–water partition coefficient (Wildman–Crippen LogP) is 6.92. The van der Waals surface area contributed by atoms with Crippen molar-refractivity contribution >= 4 is 52.3 Å². The number of hydrogen-bond donors (Lipinski definition) is 0. The Bertz CT molecular complexity index is 1590. The molecule has 40 heavy (non-hydrogen) atoms. The molecule has 1 aliphatic heterocycles. The van der Waals surface area contributed by atoms with Crippen LogP contribution in [0, 0.1) is 0 Å². The van der Waals surface area contributed by atoms with Gasteiger partial charge in [-0.2, -0.15) is 10.2 Å². The number of carbonyl (C=O) groups excluding carboxylic acids is 1. The molecule has 5 rings (SSSR count). The number of aromatic nitrogens is 2. The lowest BCUT2D eigenvalue weighted by Gasteiger charge is -2.13. The van der Waals surface area contributed by atoms with Crippen LogP contribution in [0.4, 0.5) is 0 Å². The van der Waals surface area contributed by atoms with E-state index in [1.807, 2.05) is 60.8 Å². The Morgan fingerprint density at radius 1 is 1.10 bits per heavy atom. The minimum absolute atomic E-state index is 0.0780. The van der Waals surface area contributed by atoms with Crippen molar-refractivity contribution in [2.75, 3.05) is 13.7 Å². The Balaban J connectivity index is 1.44. The van der Waals surface area contributed by atoms with E-state index < -0.39 is 5.25 Å². The summed E-state index contributed by atoms with van der Waals surface area (Å²) < 4.78 is 7.11. The number of nitrogens with zero attached hydrogens (tertiary/aromatic N) is 5. The number of amides is 1. The van der Waals surface area contributed by atoms with Gasteiger partial charge in [-0.15, -0.1) is 11.7 Å². The highest BCUT2D eigenvalue weighted by Gasteiger charge is 2.37. The van der Waals surface area contributed by atoms with Crippen LogP contribution in [-0.2, 0) is 11.2 Å². The molecule has 10 heteroatoms. The molecule has 1 aliphatic rings. The molecule has 1 unspecified atom stereocenters. The smallest absolute Gasteiger partial charge is 0.242 e. The number of hydrogen-bond acceptors (Lipinski definition) is 6. The molecule has 1 amide bonds. The van der Waals surface area contributed by atoms with E-state index in [0.29, 0.717) is 28.2 Å². The Morgan fingerprint density at radius 3 is 2.60 bits per heavy atom. The van der Waals surface area contributed by atoms with Gasteiger partial charge in [0.15, 0.2) is 5.17 Å². The standard InChI is InChI=1S/C30H25Cl2N5O2S/c1-3-15-36-29(38)27(17-21-16-23(31)11-14-26(21)32)40-30(36)34-33-18-22-19-37(24-7-5-4-6-8-24)35-28(22)20-9-12-25(39-2)13-10-20/h3-14,16,18-19,27H,1,15,17H2,2H3. The van der Waals surface area contributed by atoms with E-state index in [1.54, 1.807) is 47.2 Å². The monoisotopic (exact) mass is 589 g/mol. The van der Waals surface area contributed by atoms with E-state index in [2.05, 4.69) is 16.8 Å². The van der Waals surface area contributed by atoms with Gasteiger partial charge in [-0.1, -0.05) is 59.2 Å². The summed E-state index contributed by atoms with van der Waals surface area (Å²) in [5, 5.41) is 14.9. The molecule has 1 saturated heterocycles. The van der Waals surface area contributed by atoms with Gasteiger partial charge in [-0.25, -0.2) is 4.68 Å². The average Bonchev–Trinajstić information content (AvgIpc) is 3.53. The Labute approximate surface area is 246 Å². The summed E-state index contributed by atoms with van der Waals surface area (Å²) in [5.41, 5.74) is 4.13. The van der Waals surface area contributed by atoms with E-state index in [4.69, 9.17) is 33.0 Å². The van der Waals surface area contributed by atoms with Crippen LogP contribution in [0.25, 0.3) is 16.9 Å². The summed E-state index contributed by atoms with van der Waals surface area (Å²) in [6, 6.07) is 22.7. The van der Waals surface area contributed by atoms with Crippen molar-refractivity contribution < 1.29 is 9.53 Å². The van der Waals surface area contributed by atoms with Crippen molar-refractivity contribution in [3.63, 3.8) is 0 Å². The number of carbonyl (C=O) groups is 1. The molecule has 202 valence electrons. The van der Waals surface area contributed by atoms with Crippen LogP contribution in [-0.4, -0.2) is 50.9 Å². The zero-order valence-electron chi connectivity index (χ0n) is 21.6. The molecule has 1 atom stereocenters. The first-order valence-corrected chi connectivity index (χ1v) is 14.0. The highest BCUT2D eigenvalue weighted by Crippen LogP contribution is 2.33. The minimum Gasteiger partial charge on any atom is -0.497 e. The third-order valence-corrected chi connectivity index (χ3v) is 7.98. The summed E-state index contributed by atoms with van der Waals surface area (Å²) in [5.74, 6) is 0.678. The fraction of sp³-hybridized carbons (Fsp3) is 0.133. The molecular formula is C30H25Cl2N5O2S. The molecule has 7 nitrogen and oxygen atoms in total. The fourth-order valence-corrected chi connectivity index (χ4v) is 5.74. The molecule has 2 heterocycles. The maximum atomic E-state index is 13.2. The molecule has 0 saturated carbocycles. The molecule has 0 spiro atoms. The van der Waals surface area contributed by atoms with Gasteiger partial charge in [0.2, 0.25) is 5.91 Å². The zero-order chi connectivity index (χ0) is 28.1. The lowest BCUT2D eigenvalue weighted by Crippen LogP contribution is -2.32.